The number of nitrogens with zero attached hydrogens (tertiary/aromatic N) is 2. The molecule has 0 aliphatic heterocycles. The van der Waals surface area contributed by atoms with E-state index in [2.05, 4.69) is 55.3 Å². The summed E-state index contributed by atoms with van der Waals surface area (Å²) in [6, 6.07) is 4.18. The number of hydrogen-bond donors (Lipinski definition) is 1. The maximum Gasteiger partial charge on any atom is 0.0900 e. The number of aryl methyl sites for hydroxylation is 1. The average molecular weight is 294 g/mol. The highest BCUT2D eigenvalue weighted by Gasteiger charge is 2.14. The van der Waals surface area contributed by atoms with Crippen LogP contribution in [0.25, 0.3) is 0 Å². The van der Waals surface area contributed by atoms with E-state index in [1.165, 1.54) is 5.69 Å². The van der Waals surface area contributed by atoms with E-state index in [9.17, 15) is 5.11 Å². The van der Waals surface area contributed by atoms with Crippen LogP contribution in [0.4, 0.5) is 0 Å². The van der Waals surface area contributed by atoms with E-state index in [4.69, 9.17) is 4.74 Å². The van der Waals surface area contributed by atoms with Crippen molar-refractivity contribution in [1.29, 1.82) is 0 Å². The summed E-state index contributed by atoms with van der Waals surface area (Å²) < 4.78 is 7.46. The van der Waals surface area contributed by atoms with Crippen LogP contribution in [0, 0.1) is 5.92 Å². The summed E-state index contributed by atoms with van der Waals surface area (Å²) in [4.78, 5) is 2.30. The van der Waals surface area contributed by atoms with Crippen molar-refractivity contribution in [1.82, 2.24) is 9.47 Å². The molecule has 0 bridgehead atoms. The minimum Gasteiger partial charge on any atom is -0.389 e. The number of ether oxygens (including phenoxy) is 1. The molecule has 1 heterocycles. The van der Waals surface area contributed by atoms with Gasteiger partial charge in [-0.3, -0.25) is 4.90 Å². The normalized spacial score (nSPS) is 13.0. The molecule has 0 fully saturated rings. The third-order valence-electron chi connectivity index (χ3n) is 3.47. The van der Waals surface area contributed by atoms with Gasteiger partial charge < -0.3 is 14.4 Å². The molecular weight excluding hydrogens is 264 g/mol. The lowest BCUT2D eigenvalue weighted by Crippen LogP contribution is -2.36. The zero-order chi connectivity index (χ0) is 15.7. The molecule has 1 aromatic heterocycles. The molecule has 1 atom stereocenters. The highest BCUT2D eigenvalue weighted by atomic mass is 16.5. The van der Waals surface area contributed by atoms with Crippen LogP contribution < -0.4 is 0 Å². The van der Waals surface area contributed by atoms with Gasteiger partial charge in [0.2, 0.25) is 0 Å². The molecule has 0 spiro atoms. The summed E-state index contributed by atoms with van der Waals surface area (Å²) in [6.07, 6.45) is 4.43. The number of aromatic nitrogens is 1. The predicted octanol–water partition coefficient (Wildman–Crippen LogP) is 2.44. The standard InChI is InChI=1S/C17H30N2O2/c1-5-11-21-14-17(20)13-19(10-8-15(2)3)12-16-7-6-9-18(16)4/h5-7,9,15,17,20H,1,8,10-14H2,2-4H3/t17-/m1/s1. The molecule has 0 saturated heterocycles. The molecule has 0 amide bonds. The Bertz CT molecular complexity index is 401. The summed E-state index contributed by atoms with van der Waals surface area (Å²) in [5.41, 5.74) is 1.26. The first-order valence-corrected chi connectivity index (χ1v) is 7.72. The largest absolute Gasteiger partial charge is 0.389 e. The highest BCUT2D eigenvalue weighted by Crippen LogP contribution is 2.09. The lowest BCUT2D eigenvalue weighted by atomic mass is 10.1. The summed E-state index contributed by atoms with van der Waals surface area (Å²) in [7, 11) is 2.06. The van der Waals surface area contributed by atoms with Crippen molar-refractivity contribution in [3.63, 3.8) is 0 Å². The van der Waals surface area contributed by atoms with Gasteiger partial charge in [-0.25, -0.2) is 0 Å². The average Bonchev–Trinajstić information content (AvgIpc) is 2.82. The molecule has 1 N–H and O–H groups in total. The fraction of sp³-hybridized carbons (Fsp3) is 0.647. The monoisotopic (exact) mass is 294 g/mol. The summed E-state index contributed by atoms with van der Waals surface area (Å²) in [5.74, 6) is 0.662. The molecule has 0 saturated carbocycles. The smallest absolute Gasteiger partial charge is 0.0900 e. The van der Waals surface area contributed by atoms with Crippen molar-refractivity contribution >= 4 is 0 Å². The van der Waals surface area contributed by atoms with Crippen molar-refractivity contribution in [2.75, 3.05) is 26.3 Å². The van der Waals surface area contributed by atoms with Crippen LogP contribution in [-0.4, -0.2) is 47.0 Å². The van der Waals surface area contributed by atoms with Crippen LogP contribution in [0.2, 0.25) is 0 Å². The molecule has 1 rings (SSSR count). The van der Waals surface area contributed by atoms with E-state index >= 15 is 0 Å². The first-order valence-electron chi connectivity index (χ1n) is 7.72. The quantitative estimate of drug-likeness (QED) is 0.503. The second-order valence-corrected chi connectivity index (χ2v) is 6.01. The summed E-state index contributed by atoms with van der Waals surface area (Å²) in [5, 5.41) is 10.1. The van der Waals surface area contributed by atoms with Gasteiger partial charge in [0, 0.05) is 32.0 Å². The lowest BCUT2D eigenvalue weighted by Gasteiger charge is -2.26. The molecule has 0 unspecified atom stereocenters. The van der Waals surface area contributed by atoms with Crippen molar-refractivity contribution in [3.05, 3.63) is 36.7 Å². The first-order chi connectivity index (χ1) is 10.0. The molecule has 120 valence electrons. The highest BCUT2D eigenvalue weighted by molar-refractivity contribution is 5.06. The molecule has 0 radical (unpaired) electrons. The molecule has 0 aromatic carbocycles. The second kappa shape index (κ2) is 9.77. The van der Waals surface area contributed by atoms with Gasteiger partial charge in [-0.2, -0.15) is 0 Å². The van der Waals surface area contributed by atoms with Gasteiger partial charge in [0.25, 0.3) is 0 Å². The Hall–Kier alpha value is -1.10. The Labute approximate surface area is 129 Å². The Morgan fingerprint density at radius 2 is 2.24 bits per heavy atom. The Morgan fingerprint density at radius 1 is 1.48 bits per heavy atom. The van der Waals surface area contributed by atoms with Gasteiger partial charge in [0.15, 0.2) is 0 Å². The van der Waals surface area contributed by atoms with E-state index in [-0.39, 0.29) is 0 Å². The summed E-state index contributed by atoms with van der Waals surface area (Å²) in [6.45, 7) is 11.4. The maximum atomic E-state index is 10.1. The van der Waals surface area contributed by atoms with Crippen LogP contribution in [0.1, 0.15) is 26.0 Å². The number of aliphatic hydroxyl groups excluding tert-OH is 1. The SMILES string of the molecule is C=CCOC[C@H](O)CN(CCC(C)C)Cc1cccn1C. The predicted molar refractivity (Wildman–Crippen MR) is 87.2 cm³/mol. The van der Waals surface area contributed by atoms with Crippen molar-refractivity contribution in [3.8, 4) is 0 Å². The number of hydrogen-bond acceptors (Lipinski definition) is 3. The topological polar surface area (TPSA) is 37.6 Å². The fourth-order valence-corrected chi connectivity index (χ4v) is 2.20. The zero-order valence-corrected chi connectivity index (χ0v) is 13.7. The van der Waals surface area contributed by atoms with Crippen LogP contribution >= 0.6 is 0 Å². The van der Waals surface area contributed by atoms with Crippen molar-refractivity contribution in [2.45, 2.75) is 32.9 Å². The minimum absolute atomic E-state index is 0.358. The van der Waals surface area contributed by atoms with E-state index in [0.29, 0.717) is 25.7 Å². The Morgan fingerprint density at radius 3 is 2.81 bits per heavy atom. The Kier molecular flexibility index (Phi) is 8.35. The van der Waals surface area contributed by atoms with E-state index in [1.807, 2.05) is 0 Å². The van der Waals surface area contributed by atoms with Crippen molar-refractivity contribution < 1.29 is 9.84 Å². The van der Waals surface area contributed by atoms with Crippen LogP contribution in [-0.2, 0) is 18.3 Å². The molecule has 4 nitrogen and oxygen atoms in total. The molecule has 0 aliphatic carbocycles. The minimum atomic E-state index is -0.461. The molecule has 4 heteroatoms. The Balaban J connectivity index is 2.51. The van der Waals surface area contributed by atoms with Crippen LogP contribution in [0.3, 0.4) is 0 Å². The van der Waals surface area contributed by atoms with E-state index in [0.717, 1.165) is 19.5 Å². The van der Waals surface area contributed by atoms with Gasteiger partial charge in [0.1, 0.15) is 0 Å². The van der Waals surface area contributed by atoms with E-state index in [1.54, 1.807) is 6.08 Å². The number of aliphatic hydroxyl groups is 1. The second-order valence-electron chi connectivity index (χ2n) is 6.01. The molecule has 21 heavy (non-hydrogen) atoms. The van der Waals surface area contributed by atoms with Crippen LogP contribution in [0.15, 0.2) is 31.0 Å². The first kappa shape index (κ1) is 18.0. The zero-order valence-electron chi connectivity index (χ0n) is 13.7. The third kappa shape index (κ3) is 7.46. The lowest BCUT2D eigenvalue weighted by molar-refractivity contribution is 0.0233. The fourth-order valence-electron chi connectivity index (χ4n) is 2.20. The van der Waals surface area contributed by atoms with Gasteiger partial charge in [-0.15, -0.1) is 6.58 Å². The maximum absolute atomic E-state index is 10.1. The third-order valence-corrected chi connectivity index (χ3v) is 3.47. The van der Waals surface area contributed by atoms with Crippen molar-refractivity contribution in [2.24, 2.45) is 13.0 Å². The van der Waals surface area contributed by atoms with Gasteiger partial charge in [-0.1, -0.05) is 19.9 Å². The van der Waals surface area contributed by atoms with Gasteiger partial charge in [-0.05, 0) is 31.0 Å². The van der Waals surface area contributed by atoms with Crippen LogP contribution in [0.5, 0.6) is 0 Å². The summed E-state index contributed by atoms with van der Waals surface area (Å²) >= 11 is 0. The molecule has 0 aliphatic rings. The molecular formula is C17H30N2O2. The van der Waals surface area contributed by atoms with E-state index < -0.39 is 6.10 Å². The van der Waals surface area contributed by atoms with Gasteiger partial charge in [0.05, 0.1) is 19.3 Å². The number of rotatable bonds is 11. The van der Waals surface area contributed by atoms with Gasteiger partial charge >= 0.3 is 0 Å². The molecule has 1 aromatic rings.